The molecule has 3 aliphatic rings. The van der Waals surface area contributed by atoms with Crippen LogP contribution in [-0.4, -0.2) is 130 Å². The van der Waals surface area contributed by atoms with Crippen molar-refractivity contribution in [1.29, 1.82) is 0 Å². The van der Waals surface area contributed by atoms with Crippen LogP contribution in [0.2, 0.25) is 0 Å². The van der Waals surface area contributed by atoms with Crippen molar-refractivity contribution in [3.8, 4) is 0 Å². The second-order valence-electron chi connectivity index (χ2n) is 8.83. The summed E-state index contributed by atoms with van der Waals surface area (Å²) in [5, 5.41) is 49.8. The van der Waals surface area contributed by atoms with E-state index in [1.54, 1.807) is 0 Å². The minimum absolute atomic E-state index is 0.0458. The van der Waals surface area contributed by atoms with E-state index in [0.29, 0.717) is 0 Å². The van der Waals surface area contributed by atoms with E-state index in [2.05, 4.69) is 0 Å². The van der Waals surface area contributed by atoms with Gasteiger partial charge in [0.05, 0.1) is 18.7 Å². The Morgan fingerprint density at radius 3 is 1.85 bits per heavy atom. The summed E-state index contributed by atoms with van der Waals surface area (Å²) in [4.78, 5) is 0. The Morgan fingerprint density at radius 1 is 0.758 bits per heavy atom. The molecule has 0 aromatic rings. The number of halogens is 1. The Labute approximate surface area is 189 Å². The van der Waals surface area contributed by atoms with Gasteiger partial charge in [-0.25, -0.2) is 4.39 Å². The van der Waals surface area contributed by atoms with E-state index in [4.69, 9.17) is 47.6 Å². The van der Waals surface area contributed by atoms with Crippen molar-refractivity contribution in [2.24, 2.45) is 28.7 Å². The van der Waals surface area contributed by atoms with Gasteiger partial charge in [-0.1, -0.05) is 0 Å². The average Bonchev–Trinajstić information content (AvgIpc) is 2.79. The molecule has 0 spiro atoms. The molecule has 0 radical (unpaired) electrons. The minimum atomic E-state index is -1.95. The molecule has 3 fully saturated rings. The van der Waals surface area contributed by atoms with E-state index in [9.17, 15) is 25.5 Å². The molecule has 0 aromatic heterocycles. The van der Waals surface area contributed by atoms with Gasteiger partial charge in [-0.2, -0.15) is 0 Å². The molecule has 1 saturated carbocycles. The number of rotatable bonds is 6. The van der Waals surface area contributed by atoms with Crippen molar-refractivity contribution in [2.45, 2.75) is 98.2 Å². The highest BCUT2D eigenvalue weighted by Gasteiger charge is 2.51. The van der Waals surface area contributed by atoms with Crippen LogP contribution in [0.4, 0.5) is 4.39 Å². The molecule has 15 atom stereocenters. The molecule has 2 heterocycles. The molecule has 1 aliphatic carbocycles. The first-order valence-electron chi connectivity index (χ1n) is 10.8. The molecule has 3 rings (SSSR count). The maximum absolute atomic E-state index is 15.6. The monoisotopic (exact) mass is 485 g/mol. The van der Waals surface area contributed by atoms with Crippen LogP contribution < -0.4 is 28.7 Å². The Kier molecular flexibility index (Phi) is 8.96. The van der Waals surface area contributed by atoms with Crippen LogP contribution >= 0.6 is 0 Å². The van der Waals surface area contributed by atoms with Gasteiger partial charge in [0.1, 0.15) is 48.8 Å². The van der Waals surface area contributed by atoms with Gasteiger partial charge < -0.3 is 73.1 Å². The minimum Gasteiger partial charge on any atom is -0.394 e. The SMILES string of the molecule is NC[C@H]1O[C@H](O[C@H]2[C@H](F)[C@@H](O[C@H]3O[C@H](CO)[C@@H](O)[C@H](N)[C@H]3O)[C@H](N)C[C@@H]2N)[C@H](N)[C@@H](O)[C@@H]1O. The van der Waals surface area contributed by atoms with E-state index in [1.807, 2.05) is 0 Å². The summed E-state index contributed by atoms with van der Waals surface area (Å²) >= 11 is 0. The largest absolute Gasteiger partial charge is 0.394 e. The topological polar surface area (TPSA) is 268 Å². The highest BCUT2D eigenvalue weighted by molar-refractivity contribution is 5.02. The lowest BCUT2D eigenvalue weighted by Crippen LogP contribution is -2.68. The van der Waals surface area contributed by atoms with Gasteiger partial charge in [0, 0.05) is 18.6 Å². The number of hydrogen-bond donors (Lipinski definition) is 10. The van der Waals surface area contributed by atoms with Gasteiger partial charge in [-0.15, -0.1) is 0 Å². The Morgan fingerprint density at radius 2 is 1.30 bits per heavy atom. The fourth-order valence-corrected chi connectivity index (χ4v) is 4.40. The molecule has 33 heavy (non-hydrogen) atoms. The second kappa shape index (κ2) is 11.0. The number of hydrogen-bond acceptors (Lipinski definition) is 14. The van der Waals surface area contributed by atoms with Crippen molar-refractivity contribution >= 4 is 0 Å². The molecule has 194 valence electrons. The smallest absolute Gasteiger partial charge is 0.186 e. The highest BCUT2D eigenvalue weighted by atomic mass is 19.1. The molecule has 2 saturated heterocycles. The predicted molar refractivity (Wildman–Crippen MR) is 109 cm³/mol. The predicted octanol–water partition coefficient (Wildman–Crippen LogP) is -6.35. The van der Waals surface area contributed by atoms with Crippen LogP contribution in [0.25, 0.3) is 0 Å². The number of aliphatic hydroxyl groups is 5. The highest BCUT2D eigenvalue weighted by Crippen LogP contribution is 2.32. The third-order valence-corrected chi connectivity index (χ3v) is 6.52. The summed E-state index contributed by atoms with van der Waals surface area (Å²) in [6.45, 7) is -0.756. The van der Waals surface area contributed by atoms with Crippen LogP contribution in [0.1, 0.15) is 6.42 Å². The van der Waals surface area contributed by atoms with E-state index in [1.165, 1.54) is 0 Å². The number of alkyl halides is 1. The maximum Gasteiger partial charge on any atom is 0.186 e. The summed E-state index contributed by atoms with van der Waals surface area (Å²) < 4.78 is 37.7. The summed E-state index contributed by atoms with van der Waals surface area (Å²) in [7, 11) is 0. The van der Waals surface area contributed by atoms with E-state index >= 15 is 4.39 Å². The quantitative estimate of drug-likeness (QED) is 0.168. The maximum atomic E-state index is 15.6. The van der Waals surface area contributed by atoms with Gasteiger partial charge in [0.15, 0.2) is 18.8 Å². The van der Waals surface area contributed by atoms with E-state index in [-0.39, 0.29) is 13.0 Å². The first-order chi connectivity index (χ1) is 15.5. The molecule has 2 aliphatic heterocycles. The third-order valence-electron chi connectivity index (χ3n) is 6.52. The lowest BCUT2D eigenvalue weighted by molar-refractivity contribution is -0.313. The molecule has 0 bridgehead atoms. The molecule has 14 nitrogen and oxygen atoms in total. The normalized spacial score (nSPS) is 53.7. The number of ether oxygens (including phenoxy) is 4. The van der Waals surface area contributed by atoms with Gasteiger partial charge in [0.25, 0.3) is 0 Å². The number of nitrogens with two attached hydrogens (primary N) is 5. The molecular formula is C18H36FN5O9. The van der Waals surface area contributed by atoms with Crippen LogP contribution in [0.3, 0.4) is 0 Å². The van der Waals surface area contributed by atoms with Crippen molar-refractivity contribution in [3.63, 3.8) is 0 Å². The molecule has 0 amide bonds. The lowest BCUT2D eigenvalue weighted by Gasteiger charge is -2.47. The summed E-state index contributed by atoms with van der Waals surface area (Å²) in [5.41, 5.74) is 29.3. The van der Waals surface area contributed by atoms with Gasteiger partial charge in [0.2, 0.25) is 0 Å². The number of aliphatic hydroxyl groups excluding tert-OH is 5. The standard InChI is InChI=1S/C18H36FN5O9/c19-8-15(32-17-10(24)13(28)12(27)6(2-20)30-17)4(21)1-5(22)16(8)33-18-14(29)9(23)11(26)7(3-25)31-18/h4-18,25-29H,1-3,20-24H2/t4-,5+,6+,7+,8-,9-,10+,11+,12+,13+,14+,15+,16-,17+,18+/m0/s1. The molecule has 0 unspecified atom stereocenters. The summed E-state index contributed by atoms with van der Waals surface area (Å²) in [6, 6.07) is -4.27. The zero-order chi connectivity index (χ0) is 24.6. The summed E-state index contributed by atoms with van der Waals surface area (Å²) in [6.07, 6.45) is -15.3. The first kappa shape index (κ1) is 27.0. The van der Waals surface area contributed by atoms with Crippen LogP contribution in [-0.2, 0) is 18.9 Å². The van der Waals surface area contributed by atoms with Crippen LogP contribution in [0.15, 0.2) is 0 Å². The van der Waals surface area contributed by atoms with Crippen molar-refractivity contribution in [2.75, 3.05) is 13.2 Å². The zero-order valence-corrected chi connectivity index (χ0v) is 17.9. The fraction of sp³-hybridized carbons (Fsp3) is 1.00. The summed E-state index contributed by atoms with van der Waals surface area (Å²) in [5.74, 6) is 0. The first-order valence-corrected chi connectivity index (χ1v) is 10.8. The second-order valence-corrected chi connectivity index (χ2v) is 8.83. The average molecular weight is 486 g/mol. The molecule has 0 aromatic carbocycles. The van der Waals surface area contributed by atoms with Crippen molar-refractivity contribution in [1.82, 2.24) is 0 Å². The van der Waals surface area contributed by atoms with Crippen LogP contribution in [0, 0.1) is 0 Å². The van der Waals surface area contributed by atoms with E-state index in [0.717, 1.165) is 0 Å². The molecular weight excluding hydrogens is 449 g/mol. The lowest BCUT2D eigenvalue weighted by atomic mass is 9.85. The van der Waals surface area contributed by atoms with Crippen molar-refractivity contribution < 1.29 is 48.9 Å². The molecule has 15 heteroatoms. The van der Waals surface area contributed by atoms with Gasteiger partial charge >= 0.3 is 0 Å². The fourth-order valence-electron chi connectivity index (χ4n) is 4.40. The van der Waals surface area contributed by atoms with Gasteiger partial charge in [-0.05, 0) is 6.42 Å². The third kappa shape index (κ3) is 5.31. The Hall–Kier alpha value is -0.630. The van der Waals surface area contributed by atoms with Crippen LogP contribution in [0.5, 0.6) is 0 Å². The zero-order valence-electron chi connectivity index (χ0n) is 17.9. The Bertz CT molecular complexity index is 590. The molecule has 15 N–H and O–H groups in total. The van der Waals surface area contributed by atoms with Crippen molar-refractivity contribution in [3.05, 3.63) is 0 Å². The van der Waals surface area contributed by atoms with E-state index < -0.39 is 98.4 Å². The van der Waals surface area contributed by atoms with Gasteiger partial charge in [-0.3, -0.25) is 0 Å². The Balaban J connectivity index is 1.72.